The fourth-order valence-electron chi connectivity index (χ4n) is 4.18. The van der Waals surface area contributed by atoms with E-state index >= 15 is 0 Å². The maximum absolute atomic E-state index is 13.3. The van der Waals surface area contributed by atoms with E-state index in [1.54, 1.807) is 30.8 Å². The van der Waals surface area contributed by atoms with Crippen LogP contribution in [-0.2, 0) is 11.8 Å². The third-order valence-corrected chi connectivity index (χ3v) is 5.79. The van der Waals surface area contributed by atoms with E-state index in [-0.39, 0.29) is 11.7 Å². The molecule has 0 saturated heterocycles. The Kier molecular flexibility index (Phi) is 4.09. The van der Waals surface area contributed by atoms with Gasteiger partial charge in [0.1, 0.15) is 5.82 Å². The van der Waals surface area contributed by atoms with Gasteiger partial charge in [-0.15, -0.1) is 0 Å². The molecule has 0 atom stereocenters. The second-order valence-corrected chi connectivity index (χ2v) is 8.09. The smallest absolute Gasteiger partial charge is 0.250 e. The van der Waals surface area contributed by atoms with Gasteiger partial charge in [-0.2, -0.15) is 5.10 Å². The van der Waals surface area contributed by atoms with Crippen molar-refractivity contribution in [2.24, 2.45) is 12.5 Å². The Balaban J connectivity index is 1.68. The van der Waals surface area contributed by atoms with Gasteiger partial charge < -0.3 is 5.32 Å². The number of carbonyl (C=O) groups excluding carboxylic acids is 1. The number of carbonyl (C=O) groups is 1. The molecule has 0 radical (unpaired) electrons. The van der Waals surface area contributed by atoms with Gasteiger partial charge >= 0.3 is 0 Å². The molecule has 0 aliphatic heterocycles. The predicted molar refractivity (Wildman–Crippen MR) is 96.1 cm³/mol. The lowest BCUT2D eigenvalue weighted by molar-refractivity contribution is -0.170. The molecule has 2 aromatic rings. The lowest BCUT2D eigenvalue weighted by Gasteiger charge is -2.43. The van der Waals surface area contributed by atoms with Crippen molar-refractivity contribution in [1.82, 2.24) is 9.78 Å². The molecule has 2 saturated carbocycles. The van der Waals surface area contributed by atoms with E-state index in [1.807, 2.05) is 0 Å². The van der Waals surface area contributed by atoms with Crippen LogP contribution in [0.2, 0.25) is 0 Å². The van der Waals surface area contributed by atoms with Crippen molar-refractivity contribution in [1.29, 1.82) is 0 Å². The number of halogens is 3. The number of hydrogen-bond acceptors (Lipinski definition) is 2. The molecule has 7 heteroatoms. The summed E-state index contributed by atoms with van der Waals surface area (Å²) in [5.74, 6) is -2.82. The third-order valence-electron chi connectivity index (χ3n) is 5.79. The second kappa shape index (κ2) is 6.11. The first-order valence-corrected chi connectivity index (χ1v) is 9.21. The van der Waals surface area contributed by atoms with Gasteiger partial charge in [-0.05, 0) is 43.0 Å². The number of amides is 1. The number of hydrogen-bond donors (Lipinski definition) is 1. The van der Waals surface area contributed by atoms with E-state index in [1.165, 1.54) is 12.1 Å². The highest BCUT2D eigenvalue weighted by Gasteiger charge is 2.58. The molecule has 1 amide bonds. The normalized spacial score (nSPS) is 20.6. The average Bonchev–Trinajstić information content (AvgIpc) is 2.81. The highest BCUT2D eigenvalue weighted by Crippen LogP contribution is 2.52. The van der Waals surface area contributed by atoms with Crippen molar-refractivity contribution in [3.05, 3.63) is 35.6 Å². The van der Waals surface area contributed by atoms with Crippen molar-refractivity contribution < 1.29 is 18.0 Å². The fourth-order valence-corrected chi connectivity index (χ4v) is 4.18. The Morgan fingerprint density at radius 2 is 1.85 bits per heavy atom. The summed E-state index contributed by atoms with van der Waals surface area (Å²) in [7, 11) is 1.77. The number of anilines is 1. The summed E-state index contributed by atoms with van der Waals surface area (Å²) in [4.78, 5) is 12.6. The minimum atomic E-state index is -2.77. The zero-order chi connectivity index (χ0) is 19.4. The number of aryl methyl sites for hydroxylation is 1. The molecule has 1 heterocycles. The van der Waals surface area contributed by atoms with Crippen LogP contribution in [0.3, 0.4) is 0 Å². The first kappa shape index (κ1) is 18.1. The standard InChI is InChI=1S/C20H22F3N3O/c1-19(10-20(22,23)11-19)18(27)24-17-15(12-4-3-5-12)16(26(2)25-17)13-6-8-14(21)9-7-13/h6-9,12H,3-5,10-11H2,1-2H3,(H,24,25,27). The molecule has 4 nitrogen and oxygen atoms in total. The maximum Gasteiger partial charge on any atom is 0.250 e. The van der Waals surface area contributed by atoms with Crippen molar-refractivity contribution in [2.45, 2.75) is 50.9 Å². The van der Waals surface area contributed by atoms with Gasteiger partial charge in [-0.25, -0.2) is 13.2 Å². The Labute approximate surface area is 155 Å². The lowest BCUT2D eigenvalue weighted by Crippen LogP contribution is -2.51. The monoisotopic (exact) mass is 377 g/mol. The number of benzene rings is 1. The first-order valence-electron chi connectivity index (χ1n) is 9.21. The Hall–Kier alpha value is -2.31. The molecule has 0 unspecified atom stereocenters. The van der Waals surface area contributed by atoms with Crippen LogP contribution in [0.4, 0.5) is 19.0 Å². The van der Waals surface area contributed by atoms with E-state index in [2.05, 4.69) is 10.4 Å². The second-order valence-electron chi connectivity index (χ2n) is 8.09. The summed E-state index contributed by atoms with van der Waals surface area (Å²) < 4.78 is 41.6. The molecule has 0 spiro atoms. The van der Waals surface area contributed by atoms with E-state index in [0.717, 1.165) is 36.1 Å². The van der Waals surface area contributed by atoms with Crippen LogP contribution in [0.5, 0.6) is 0 Å². The van der Waals surface area contributed by atoms with Crippen molar-refractivity contribution in [3.8, 4) is 11.3 Å². The summed E-state index contributed by atoms with van der Waals surface area (Å²) in [6.07, 6.45) is 2.18. The average molecular weight is 377 g/mol. The van der Waals surface area contributed by atoms with Gasteiger partial charge in [0.2, 0.25) is 11.8 Å². The van der Waals surface area contributed by atoms with Crippen molar-refractivity contribution in [2.75, 3.05) is 5.32 Å². The molecule has 1 aromatic carbocycles. The zero-order valence-corrected chi connectivity index (χ0v) is 15.4. The van der Waals surface area contributed by atoms with E-state index in [4.69, 9.17) is 0 Å². The summed E-state index contributed by atoms with van der Waals surface area (Å²) in [5.41, 5.74) is 1.49. The minimum Gasteiger partial charge on any atom is -0.308 e. The van der Waals surface area contributed by atoms with Gasteiger partial charge in [0, 0.05) is 31.0 Å². The number of rotatable bonds is 4. The van der Waals surface area contributed by atoms with E-state index in [9.17, 15) is 18.0 Å². The summed E-state index contributed by atoms with van der Waals surface area (Å²) >= 11 is 0. The number of nitrogens with one attached hydrogen (secondary N) is 1. The van der Waals surface area contributed by atoms with Crippen LogP contribution in [0, 0.1) is 11.2 Å². The molecule has 2 aliphatic rings. The van der Waals surface area contributed by atoms with Crippen molar-refractivity contribution >= 4 is 11.7 Å². The molecular formula is C20H22F3N3O. The van der Waals surface area contributed by atoms with Gasteiger partial charge in [-0.1, -0.05) is 13.3 Å². The number of nitrogens with zero attached hydrogens (tertiary/aromatic N) is 2. The van der Waals surface area contributed by atoms with Crippen LogP contribution < -0.4 is 5.32 Å². The van der Waals surface area contributed by atoms with E-state index in [0.29, 0.717) is 5.82 Å². The highest BCUT2D eigenvalue weighted by atomic mass is 19.3. The van der Waals surface area contributed by atoms with Crippen molar-refractivity contribution in [3.63, 3.8) is 0 Å². The molecule has 1 N–H and O–H groups in total. The molecule has 1 aromatic heterocycles. The molecule has 2 aliphatic carbocycles. The van der Waals surface area contributed by atoms with Gasteiger partial charge in [0.25, 0.3) is 0 Å². The SMILES string of the molecule is Cn1nc(NC(=O)C2(C)CC(F)(F)C2)c(C2CCC2)c1-c1ccc(F)cc1. The quantitative estimate of drug-likeness (QED) is 0.827. The molecule has 0 bridgehead atoms. The fraction of sp³-hybridized carbons (Fsp3) is 0.500. The minimum absolute atomic E-state index is 0.254. The lowest BCUT2D eigenvalue weighted by atomic mass is 9.67. The van der Waals surface area contributed by atoms with Crippen LogP contribution in [0.15, 0.2) is 24.3 Å². The summed E-state index contributed by atoms with van der Waals surface area (Å²) in [5, 5.41) is 7.27. The zero-order valence-electron chi connectivity index (χ0n) is 15.4. The molecular weight excluding hydrogens is 355 g/mol. The Morgan fingerprint density at radius 3 is 2.37 bits per heavy atom. The Bertz CT molecular complexity index is 877. The van der Waals surface area contributed by atoms with Gasteiger partial charge in [-0.3, -0.25) is 9.48 Å². The van der Waals surface area contributed by atoms with Crippen LogP contribution >= 0.6 is 0 Å². The Morgan fingerprint density at radius 1 is 1.22 bits per heavy atom. The highest BCUT2D eigenvalue weighted by molar-refractivity contribution is 5.96. The number of alkyl halides is 2. The van der Waals surface area contributed by atoms with Crippen LogP contribution in [-0.4, -0.2) is 21.6 Å². The first-order chi connectivity index (χ1) is 12.7. The topological polar surface area (TPSA) is 46.9 Å². The molecule has 27 heavy (non-hydrogen) atoms. The maximum atomic E-state index is 13.3. The molecule has 2 fully saturated rings. The van der Waals surface area contributed by atoms with E-state index < -0.39 is 30.1 Å². The van der Waals surface area contributed by atoms with Gasteiger partial charge in [0.15, 0.2) is 5.82 Å². The summed E-state index contributed by atoms with van der Waals surface area (Å²) in [6, 6.07) is 6.16. The summed E-state index contributed by atoms with van der Waals surface area (Å²) in [6.45, 7) is 1.56. The molecule has 4 rings (SSSR count). The predicted octanol–water partition coefficient (Wildman–Crippen LogP) is 4.87. The van der Waals surface area contributed by atoms with Crippen LogP contribution in [0.1, 0.15) is 50.5 Å². The largest absolute Gasteiger partial charge is 0.308 e. The molecule has 144 valence electrons. The third kappa shape index (κ3) is 3.13. The number of aromatic nitrogens is 2. The van der Waals surface area contributed by atoms with Gasteiger partial charge in [0.05, 0.1) is 11.1 Å². The van der Waals surface area contributed by atoms with Crippen LogP contribution in [0.25, 0.3) is 11.3 Å².